The van der Waals surface area contributed by atoms with Crippen LogP contribution >= 0.6 is 0 Å². The number of carbonyl (C=O) groups is 1. The molecule has 0 saturated heterocycles. The number of nitro benzene ring substituents is 1. The van der Waals surface area contributed by atoms with Crippen molar-refractivity contribution in [2.45, 2.75) is 58.8 Å². The Morgan fingerprint density at radius 1 is 1.03 bits per heavy atom. The summed E-state index contributed by atoms with van der Waals surface area (Å²) in [6.45, 7) is 12.4. The van der Waals surface area contributed by atoms with E-state index in [1.54, 1.807) is 24.3 Å². The molecule has 0 aliphatic carbocycles. The predicted molar refractivity (Wildman–Crippen MR) is 121 cm³/mol. The van der Waals surface area contributed by atoms with Gasteiger partial charge in [0.25, 0.3) is 11.6 Å². The third-order valence-corrected chi connectivity index (χ3v) is 4.95. The number of nitro groups is 1. The second-order valence-electron chi connectivity index (χ2n) is 9.68. The van der Waals surface area contributed by atoms with Crippen LogP contribution in [0, 0.1) is 10.1 Å². The molecular formula is C24H32N2O5. The van der Waals surface area contributed by atoms with E-state index in [1.165, 1.54) is 12.1 Å². The molecule has 7 nitrogen and oxygen atoms in total. The SMILES string of the molecule is CC(C)(C)c1cc(OCC(=O)NCCc2ccc([N+](=O)[O-])cc2)cc(C(C)(C)C)c1O. The number of phenolic OH excluding ortho intramolecular Hbond substituents is 1. The quantitative estimate of drug-likeness (QED) is 0.494. The Kier molecular flexibility index (Phi) is 7.31. The minimum absolute atomic E-state index is 0.0411. The standard InChI is InChI=1S/C24H32N2O5/c1-23(2,3)19-13-18(14-20(22(19)28)24(4,5)6)31-15-21(27)25-12-11-16-7-9-17(10-8-16)26(29)30/h7-10,13-14,28H,11-12,15H2,1-6H3,(H,25,27). The number of aromatic hydroxyl groups is 1. The maximum Gasteiger partial charge on any atom is 0.269 e. The molecule has 7 heteroatoms. The smallest absolute Gasteiger partial charge is 0.269 e. The van der Waals surface area contributed by atoms with Crippen LogP contribution in [0.4, 0.5) is 5.69 Å². The lowest BCUT2D eigenvalue weighted by atomic mass is 9.79. The molecule has 0 aromatic heterocycles. The molecule has 2 rings (SSSR count). The zero-order chi connectivity index (χ0) is 23.4. The lowest BCUT2D eigenvalue weighted by molar-refractivity contribution is -0.384. The highest BCUT2D eigenvalue weighted by Crippen LogP contribution is 2.41. The molecule has 0 saturated carbocycles. The minimum atomic E-state index is -0.442. The average molecular weight is 429 g/mol. The largest absolute Gasteiger partial charge is 0.507 e. The van der Waals surface area contributed by atoms with E-state index in [0.29, 0.717) is 18.7 Å². The monoisotopic (exact) mass is 428 g/mol. The highest BCUT2D eigenvalue weighted by molar-refractivity contribution is 5.77. The number of amides is 1. The van der Waals surface area contributed by atoms with Gasteiger partial charge in [-0.25, -0.2) is 0 Å². The summed E-state index contributed by atoms with van der Waals surface area (Å²) >= 11 is 0. The second-order valence-corrected chi connectivity index (χ2v) is 9.68. The lowest BCUT2D eigenvalue weighted by Gasteiger charge is -2.28. The van der Waals surface area contributed by atoms with Gasteiger partial charge in [0.1, 0.15) is 11.5 Å². The third-order valence-electron chi connectivity index (χ3n) is 4.95. The summed E-state index contributed by atoms with van der Waals surface area (Å²) in [4.78, 5) is 22.5. The van der Waals surface area contributed by atoms with Crippen molar-refractivity contribution >= 4 is 11.6 Å². The number of ether oxygens (including phenoxy) is 1. The number of rotatable bonds is 7. The Morgan fingerprint density at radius 3 is 2.00 bits per heavy atom. The van der Waals surface area contributed by atoms with Gasteiger partial charge in [0.05, 0.1) is 4.92 Å². The van der Waals surface area contributed by atoms with E-state index in [0.717, 1.165) is 16.7 Å². The molecular weight excluding hydrogens is 396 g/mol. The number of carbonyl (C=O) groups excluding carboxylic acids is 1. The molecule has 0 heterocycles. The van der Waals surface area contributed by atoms with Crippen LogP contribution in [0.2, 0.25) is 0 Å². The molecule has 0 fully saturated rings. The number of benzene rings is 2. The fourth-order valence-corrected chi connectivity index (χ4v) is 3.17. The first-order chi connectivity index (χ1) is 14.3. The van der Waals surface area contributed by atoms with E-state index < -0.39 is 4.92 Å². The Hall–Kier alpha value is -3.09. The molecule has 0 unspecified atom stereocenters. The molecule has 2 aromatic rings. The van der Waals surface area contributed by atoms with Crippen molar-refractivity contribution in [3.05, 3.63) is 63.2 Å². The van der Waals surface area contributed by atoms with Gasteiger partial charge in [0.15, 0.2) is 6.61 Å². The Labute approximate surface area is 183 Å². The van der Waals surface area contributed by atoms with Crippen molar-refractivity contribution in [3.63, 3.8) is 0 Å². The molecule has 0 aliphatic heterocycles. The van der Waals surface area contributed by atoms with Crippen LogP contribution in [-0.4, -0.2) is 29.1 Å². The van der Waals surface area contributed by atoms with Crippen LogP contribution in [0.3, 0.4) is 0 Å². The Bertz CT molecular complexity index is 903. The Balaban J connectivity index is 1.98. The van der Waals surface area contributed by atoms with Crippen molar-refractivity contribution in [3.8, 4) is 11.5 Å². The number of phenols is 1. The molecule has 168 valence electrons. The van der Waals surface area contributed by atoms with E-state index in [9.17, 15) is 20.0 Å². The summed E-state index contributed by atoms with van der Waals surface area (Å²) in [5.41, 5.74) is 1.92. The second kappa shape index (κ2) is 9.37. The van der Waals surface area contributed by atoms with Crippen LogP contribution in [0.1, 0.15) is 58.2 Å². The van der Waals surface area contributed by atoms with E-state index in [1.807, 2.05) is 41.5 Å². The van der Waals surface area contributed by atoms with Crippen molar-refractivity contribution < 1.29 is 19.6 Å². The fraction of sp³-hybridized carbons (Fsp3) is 0.458. The molecule has 0 atom stereocenters. The van der Waals surface area contributed by atoms with Gasteiger partial charge in [0.2, 0.25) is 0 Å². The maximum absolute atomic E-state index is 12.2. The summed E-state index contributed by atoms with van der Waals surface area (Å²) in [6.07, 6.45) is 0.561. The fourth-order valence-electron chi connectivity index (χ4n) is 3.17. The molecule has 0 aliphatic rings. The van der Waals surface area contributed by atoms with E-state index >= 15 is 0 Å². The molecule has 2 N–H and O–H groups in total. The zero-order valence-electron chi connectivity index (χ0n) is 19.1. The first-order valence-electron chi connectivity index (χ1n) is 10.3. The van der Waals surface area contributed by atoms with Crippen LogP contribution in [0.15, 0.2) is 36.4 Å². The van der Waals surface area contributed by atoms with Crippen molar-refractivity contribution in [2.24, 2.45) is 0 Å². The van der Waals surface area contributed by atoms with Crippen molar-refractivity contribution in [2.75, 3.05) is 13.2 Å². The summed E-state index contributed by atoms with van der Waals surface area (Å²) < 4.78 is 5.74. The topological polar surface area (TPSA) is 102 Å². The third kappa shape index (κ3) is 6.70. The average Bonchev–Trinajstić information content (AvgIpc) is 2.65. The number of hydrogen-bond acceptors (Lipinski definition) is 5. The first-order valence-corrected chi connectivity index (χ1v) is 10.3. The van der Waals surface area contributed by atoms with E-state index in [2.05, 4.69) is 5.32 Å². The van der Waals surface area contributed by atoms with Gasteiger partial charge in [-0.1, -0.05) is 53.7 Å². The first kappa shape index (κ1) is 24.2. The number of nitrogens with zero attached hydrogens (tertiary/aromatic N) is 1. The van der Waals surface area contributed by atoms with Crippen LogP contribution in [0.5, 0.6) is 11.5 Å². The van der Waals surface area contributed by atoms with Gasteiger partial charge >= 0.3 is 0 Å². The summed E-state index contributed by atoms with van der Waals surface area (Å²) in [5, 5.41) is 24.2. The number of non-ortho nitro benzene ring substituents is 1. The van der Waals surface area contributed by atoms with Crippen LogP contribution in [-0.2, 0) is 22.0 Å². The van der Waals surface area contributed by atoms with Gasteiger partial charge in [-0.3, -0.25) is 14.9 Å². The highest BCUT2D eigenvalue weighted by Gasteiger charge is 2.27. The summed E-state index contributed by atoms with van der Waals surface area (Å²) in [5.74, 6) is 0.544. The van der Waals surface area contributed by atoms with E-state index in [-0.39, 0.29) is 34.8 Å². The van der Waals surface area contributed by atoms with Crippen LogP contribution in [0.25, 0.3) is 0 Å². The van der Waals surface area contributed by atoms with E-state index in [4.69, 9.17) is 4.74 Å². The number of nitrogens with one attached hydrogen (secondary N) is 1. The zero-order valence-corrected chi connectivity index (χ0v) is 19.1. The van der Waals surface area contributed by atoms with Gasteiger partial charge in [0, 0.05) is 29.8 Å². The maximum atomic E-state index is 12.2. The van der Waals surface area contributed by atoms with Gasteiger partial charge < -0.3 is 15.2 Å². The Morgan fingerprint density at radius 2 is 1.55 bits per heavy atom. The predicted octanol–water partition coefficient (Wildman–Crippen LogP) is 4.63. The molecule has 0 bridgehead atoms. The molecule has 0 spiro atoms. The highest BCUT2D eigenvalue weighted by atomic mass is 16.6. The number of hydrogen-bond donors (Lipinski definition) is 2. The molecule has 2 aromatic carbocycles. The van der Waals surface area contributed by atoms with Gasteiger partial charge in [-0.05, 0) is 34.9 Å². The lowest BCUT2D eigenvalue weighted by Crippen LogP contribution is -2.30. The molecule has 31 heavy (non-hydrogen) atoms. The van der Waals surface area contributed by atoms with Gasteiger partial charge in [-0.2, -0.15) is 0 Å². The molecule has 0 radical (unpaired) electrons. The summed E-state index contributed by atoms with van der Waals surface area (Å²) in [6, 6.07) is 9.83. The normalized spacial score (nSPS) is 11.8. The molecule has 1 amide bonds. The van der Waals surface area contributed by atoms with Gasteiger partial charge in [-0.15, -0.1) is 0 Å². The summed E-state index contributed by atoms with van der Waals surface area (Å²) in [7, 11) is 0. The van der Waals surface area contributed by atoms with Crippen molar-refractivity contribution in [1.29, 1.82) is 0 Å². The van der Waals surface area contributed by atoms with Crippen molar-refractivity contribution in [1.82, 2.24) is 5.32 Å². The van der Waals surface area contributed by atoms with Crippen LogP contribution < -0.4 is 10.1 Å². The minimum Gasteiger partial charge on any atom is -0.507 e.